The van der Waals surface area contributed by atoms with Crippen LogP contribution in [0.4, 0.5) is 21.9 Å². The molecule has 4 aromatic rings. The molecule has 7 nitrogen and oxygen atoms in total. The Hall–Kier alpha value is -4.43. The second-order valence-electron chi connectivity index (χ2n) is 8.69. The molecule has 4 aromatic carbocycles. The standard InChI is InChI=1S/C30H29N3O4S/c1-19(11-18-28(35)33-26-10-6-5-9-25(26)31)29(24-16-17-27(34)23-8-4-3-7-22(23)24)37-30(36)32-20-12-14-21(38-2)15-13-20/h3-19,29,34H,31H2,1-2H3,(H,32,36)(H,33,35)/b18-11+/t19-,29-/m0/s1. The second-order valence-corrected chi connectivity index (χ2v) is 9.57. The van der Waals surface area contributed by atoms with Crippen LogP contribution in [-0.2, 0) is 9.53 Å². The van der Waals surface area contributed by atoms with E-state index in [-0.39, 0.29) is 11.7 Å². The highest BCUT2D eigenvalue weighted by atomic mass is 32.2. The Morgan fingerprint density at radius 2 is 1.61 bits per heavy atom. The number of hydrogen-bond donors (Lipinski definition) is 4. The number of anilines is 3. The van der Waals surface area contributed by atoms with Gasteiger partial charge in [0.25, 0.3) is 0 Å². The Morgan fingerprint density at radius 1 is 0.921 bits per heavy atom. The molecule has 194 valence electrons. The number of benzene rings is 4. The summed E-state index contributed by atoms with van der Waals surface area (Å²) >= 11 is 1.61. The molecule has 0 spiro atoms. The van der Waals surface area contributed by atoms with E-state index in [2.05, 4.69) is 10.6 Å². The van der Waals surface area contributed by atoms with Gasteiger partial charge in [-0.05, 0) is 60.2 Å². The minimum Gasteiger partial charge on any atom is -0.507 e. The van der Waals surface area contributed by atoms with E-state index in [9.17, 15) is 14.7 Å². The van der Waals surface area contributed by atoms with Crippen molar-refractivity contribution >= 4 is 51.6 Å². The van der Waals surface area contributed by atoms with E-state index in [1.165, 1.54) is 6.08 Å². The van der Waals surface area contributed by atoms with Crippen LogP contribution < -0.4 is 16.4 Å². The molecule has 0 saturated carbocycles. The maximum absolute atomic E-state index is 13.0. The molecule has 2 atom stereocenters. The van der Waals surface area contributed by atoms with Crippen LogP contribution in [0.1, 0.15) is 18.6 Å². The number of hydrogen-bond acceptors (Lipinski definition) is 6. The maximum Gasteiger partial charge on any atom is 0.412 e. The van der Waals surface area contributed by atoms with Crippen molar-refractivity contribution in [3.8, 4) is 5.75 Å². The molecule has 0 aliphatic heterocycles. The molecule has 0 bridgehead atoms. The molecule has 4 rings (SSSR count). The molecule has 0 aromatic heterocycles. The average Bonchev–Trinajstić information content (AvgIpc) is 2.93. The smallest absolute Gasteiger partial charge is 0.412 e. The van der Waals surface area contributed by atoms with Crippen molar-refractivity contribution in [3.05, 3.63) is 103 Å². The van der Waals surface area contributed by atoms with Crippen molar-refractivity contribution in [2.45, 2.75) is 17.9 Å². The Bertz CT molecular complexity index is 1470. The van der Waals surface area contributed by atoms with Crippen molar-refractivity contribution in [2.24, 2.45) is 5.92 Å². The zero-order valence-electron chi connectivity index (χ0n) is 21.0. The summed E-state index contributed by atoms with van der Waals surface area (Å²) < 4.78 is 5.94. The average molecular weight is 528 g/mol. The summed E-state index contributed by atoms with van der Waals surface area (Å²) in [7, 11) is 0. The highest BCUT2D eigenvalue weighted by Crippen LogP contribution is 2.36. The van der Waals surface area contributed by atoms with Gasteiger partial charge in [0.15, 0.2) is 0 Å². The number of phenols is 1. The van der Waals surface area contributed by atoms with Crippen LogP contribution >= 0.6 is 11.8 Å². The summed E-state index contributed by atoms with van der Waals surface area (Å²) in [5.74, 6) is -0.627. The SMILES string of the molecule is CSc1ccc(NC(=O)O[C@H](c2ccc(O)c3ccccc23)[C@@H](C)/C=C/C(=O)Nc2ccccc2N)cc1. The van der Waals surface area contributed by atoms with Crippen molar-refractivity contribution in [3.63, 3.8) is 0 Å². The van der Waals surface area contributed by atoms with E-state index in [4.69, 9.17) is 10.5 Å². The van der Waals surface area contributed by atoms with Gasteiger partial charge in [-0.1, -0.05) is 55.5 Å². The Balaban J connectivity index is 1.59. The van der Waals surface area contributed by atoms with Crippen molar-refractivity contribution < 1.29 is 19.4 Å². The summed E-state index contributed by atoms with van der Waals surface area (Å²) in [6.07, 6.45) is 3.67. The lowest BCUT2D eigenvalue weighted by atomic mass is 9.92. The van der Waals surface area contributed by atoms with Crippen molar-refractivity contribution in [2.75, 3.05) is 22.6 Å². The molecular formula is C30H29N3O4S. The Kier molecular flexibility index (Phi) is 8.55. The van der Waals surface area contributed by atoms with Crippen molar-refractivity contribution in [1.29, 1.82) is 0 Å². The van der Waals surface area contributed by atoms with Gasteiger partial charge in [0.2, 0.25) is 5.91 Å². The number of rotatable bonds is 8. The van der Waals surface area contributed by atoms with Crippen LogP contribution in [0.5, 0.6) is 5.75 Å². The molecule has 38 heavy (non-hydrogen) atoms. The van der Waals surface area contributed by atoms with Gasteiger partial charge < -0.3 is 20.9 Å². The molecule has 2 amide bonds. The first-order valence-corrected chi connectivity index (χ1v) is 13.2. The van der Waals surface area contributed by atoms with Crippen LogP contribution in [0.3, 0.4) is 0 Å². The highest BCUT2D eigenvalue weighted by molar-refractivity contribution is 7.98. The molecular weight excluding hydrogens is 498 g/mol. The van der Waals surface area contributed by atoms with Gasteiger partial charge in [-0.3, -0.25) is 10.1 Å². The number of aromatic hydroxyl groups is 1. The Morgan fingerprint density at radius 3 is 2.32 bits per heavy atom. The zero-order chi connectivity index (χ0) is 27.1. The summed E-state index contributed by atoms with van der Waals surface area (Å²) in [4.78, 5) is 26.6. The normalized spacial score (nSPS) is 12.7. The molecule has 0 aliphatic carbocycles. The molecule has 0 unspecified atom stereocenters. The minimum atomic E-state index is -0.753. The van der Waals surface area contributed by atoms with Crippen LogP contribution in [0.25, 0.3) is 10.8 Å². The lowest BCUT2D eigenvalue weighted by Gasteiger charge is -2.24. The van der Waals surface area contributed by atoms with Crippen LogP contribution in [0, 0.1) is 5.92 Å². The topological polar surface area (TPSA) is 114 Å². The van der Waals surface area contributed by atoms with E-state index < -0.39 is 18.1 Å². The molecule has 8 heteroatoms. The fraction of sp³-hybridized carbons (Fsp3) is 0.133. The minimum absolute atomic E-state index is 0.129. The number of phenolic OH excluding ortho intramolecular Hbond substituents is 1. The largest absolute Gasteiger partial charge is 0.507 e. The number of fused-ring (bicyclic) bond motifs is 1. The first-order chi connectivity index (χ1) is 18.4. The van der Waals surface area contributed by atoms with Crippen LogP contribution in [0.15, 0.2) is 102 Å². The number of carbonyl (C=O) groups excluding carboxylic acids is 2. The number of carbonyl (C=O) groups is 2. The predicted octanol–water partition coefficient (Wildman–Crippen LogP) is 6.97. The summed E-state index contributed by atoms with van der Waals surface area (Å²) in [5, 5.41) is 17.3. The number of ether oxygens (including phenoxy) is 1. The summed E-state index contributed by atoms with van der Waals surface area (Å²) in [6, 6.07) is 25.1. The first-order valence-electron chi connectivity index (χ1n) is 12.0. The van der Waals surface area contributed by atoms with E-state index in [0.717, 1.165) is 10.3 Å². The predicted molar refractivity (Wildman–Crippen MR) is 154 cm³/mol. The third-order valence-corrected chi connectivity index (χ3v) is 6.80. The van der Waals surface area contributed by atoms with Gasteiger partial charge in [-0.25, -0.2) is 4.79 Å². The zero-order valence-corrected chi connectivity index (χ0v) is 21.9. The lowest BCUT2D eigenvalue weighted by molar-refractivity contribution is -0.111. The molecule has 0 saturated heterocycles. The van der Waals surface area contributed by atoms with Gasteiger partial charge in [-0.15, -0.1) is 11.8 Å². The quantitative estimate of drug-likeness (QED) is 0.112. The monoisotopic (exact) mass is 527 g/mol. The molecule has 5 N–H and O–H groups in total. The van der Waals surface area contributed by atoms with Gasteiger partial charge in [0.05, 0.1) is 11.4 Å². The number of nitrogens with one attached hydrogen (secondary N) is 2. The van der Waals surface area contributed by atoms with Crippen LogP contribution in [-0.4, -0.2) is 23.4 Å². The van der Waals surface area contributed by atoms with E-state index in [1.807, 2.05) is 43.5 Å². The first kappa shape index (κ1) is 26.6. The third kappa shape index (κ3) is 6.46. The number of nitrogens with two attached hydrogens (primary N) is 1. The number of para-hydroxylation sites is 2. The highest BCUT2D eigenvalue weighted by Gasteiger charge is 2.25. The van der Waals surface area contributed by atoms with Gasteiger partial charge in [0.1, 0.15) is 11.9 Å². The summed E-state index contributed by atoms with van der Waals surface area (Å²) in [5.41, 5.74) is 8.20. The van der Waals surface area contributed by atoms with Crippen LogP contribution in [0.2, 0.25) is 0 Å². The molecule has 0 fully saturated rings. The Labute approximate surface area is 225 Å². The number of nitrogen functional groups attached to an aromatic ring is 1. The third-order valence-electron chi connectivity index (χ3n) is 6.06. The van der Waals surface area contributed by atoms with Gasteiger partial charge in [-0.2, -0.15) is 0 Å². The molecule has 0 heterocycles. The van der Waals surface area contributed by atoms with E-state index >= 15 is 0 Å². The number of thioether (sulfide) groups is 1. The fourth-order valence-corrected chi connectivity index (χ4v) is 4.48. The summed E-state index contributed by atoms with van der Waals surface area (Å²) in [6.45, 7) is 1.85. The molecule has 0 aliphatic rings. The maximum atomic E-state index is 13.0. The van der Waals surface area contributed by atoms with E-state index in [1.54, 1.807) is 72.4 Å². The van der Waals surface area contributed by atoms with E-state index in [0.29, 0.717) is 28.0 Å². The fourth-order valence-electron chi connectivity index (χ4n) is 4.07. The van der Waals surface area contributed by atoms with Crippen molar-refractivity contribution in [1.82, 2.24) is 0 Å². The number of amides is 2. The second kappa shape index (κ2) is 12.2. The van der Waals surface area contributed by atoms with Gasteiger partial charge >= 0.3 is 6.09 Å². The lowest BCUT2D eigenvalue weighted by Crippen LogP contribution is -2.22. The molecule has 0 radical (unpaired) electrons. The van der Waals surface area contributed by atoms with Gasteiger partial charge in [0, 0.05) is 27.5 Å².